The Labute approximate surface area is 104 Å². The molecule has 0 saturated carbocycles. The number of ether oxygens (including phenoxy) is 1. The summed E-state index contributed by atoms with van der Waals surface area (Å²) >= 11 is 5.77. The number of rotatable bonds is 3. The summed E-state index contributed by atoms with van der Waals surface area (Å²) in [5, 5.41) is 8.06. The van der Waals surface area contributed by atoms with Crippen LogP contribution in [0.2, 0.25) is 5.02 Å². The minimum absolute atomic E-state index is 0.0589. The van der Waals surface area contributed by atoms with E-state index in [1.54, 1.807) is 36.5 Å². The monoisotopic (exact) mass is 247 g/mol. The van der Waals surface area contributed by atoms with Crippen LogP contribution in [0, 0.1) is 5.41 Å². The average Bonchev–Trinajstić information content (AvgIpc) is 2.32. The number of hydrogen-bond donors (Lipinski definition) is 2. The molecule has 5 heteroatoms. The summed E-state index contributed by atoms with van der Waals surface area (Å²) in [4.78, 5) is 3.94. The summed E-state index contributed by atoms with van der Waals surface area (Å²) in [7, 11) is 0. The lowest BCUT2D eigenvalue weighted by atomic mass is 10.2. The van der Waals surface area contributed by atoms with Gasteiger partial charge in [0.1, 0.15) is 11.6 Å². The minimum atomic E-state index is -0.0589. The Bertz CT molecular complexity index is 540. The van der Waals surface area contributed by atoms with Gasteiger partial charge in [0, 0.05) is 11.2 Å². The van der Waals surface area contributed by atoms with Gasteiger partial charge in [-0.2, -0.15) is 0 Å². The summed E-state index contributed by atoms with van der Waals surface area (Å²) in [6.07, 6.45) is 3.08. The first-order chi connectivity index (χ1) is 8.16. The third-order valence-corrected chi connectivity index (χ3v) is 2.37. The second-order valence-corrected chi connectivity index (χ2v) is 3.78. The standard InChI is InChI=1S/C12H10ClN3O/c13-8-1-3-9(4-2-8)17-11-7-16-6-5-10(11)12(14)15/h1-7H,(H3,14,15). The zero-order valence-corrected chi connectivity index (χ0v) is 9.61. The highest BCUT2D eigenvalue weighted by molar-refractivity contribution is 6.30. The fourth-order valence-corrected chi connectivity index (χ4v) is 1.44. The molecule has 1 heterocycles. The normalized spacial score (nSPS) is 9.94. The Balaban J connectivity index is 2.30. The molecule has 0 atom stereocenters. The first-order valence-electron chi connectivity index (χ1n) is 4.88. The maximum Gasteiger partial charge on any atom is 0.156 e. The van der Waals surface area contributed by atoms with Crippen LogP contribution in [0.25, 0.3) is 0 Å². The summed E-state index contributed by atoms with van der Waals surface area (Å²) in [5.41, 5.74) is 5.96. The molecule has 0 unspecified atom stereocenters. The van der Waals surface area contributed by atoms with Gasteiger partial charge < -0.3 is 10.5 Å². The Morgan fingerprint density at radius 2 is 1.94 bits per heavy atom. The first kappa shape index (κ1) is 11.4. The zero-order valence-electron chi connectivity index (χ0n) is 8.85. The number of aromatic nitrogens is 1. The van der Waals surface area contributed by atoms with Crippen LogP contribution in [-0.2, 0) is 0 Å². The number of benzene rings is 1. The van der Waals surface area contributed by atoms with Crippen molar-refractivity contribution in [1.29, 1.82) is 5.41 Å². The number of amidine groups is 1. The number of nitrogen functional groups attached to an aromatic ring is 1. The summed E-state index contributed by atoms with van der Waals surface area (Å²) < 4.78 is 5.58. The molecule has 3 N–H and O–H groups in total. The van der Waals surface area contributed by atoms with Gasteiger partial charge in [-0.25, -0.2) is 0 Å². The van der Waals surface area contributed by atoms with Gasteiger partial charge in [0.05, 0.1) is 11.8 Å². The predicted molar refractivity (Wildman–Crippen MR) is 66.8 cm³/mol. The van der Waals surface area contributed by atoms with Crippen LogP contribution < -0.4 is 10.5 Å². The molecule has 4 nitrogen and oxygen atoms in total. The van der Waals surface area contributed by atoms with Crippen LogP contribution in [0.4, 0.5) is 0 Å². The van der Waals surface area contributed by atoms with Gasteiger partial charge in [-0.1, -0.05) is 11.6 Å². The topological polar surface area (TPSA) is 72.0 Å². The third-order valence-electron chi connectivity index (χ3n) is 2.12. The van der Waals surface area contributed by atoms with Crippen LogP contribution >= 0.6 is 11.6 Å². The molecule has 2 rings (SSSR count). The van der Waals surface area contributed by atoms with Crippen molar-refractivity contribution < 1.29 is 4.74 Å². The fraction of sp³-hybridized carbons (Fsp3) is 0. The van der Waals surface area contributed by atoms with E-state index in [2.05, 4.69) is 4.98 Å². The minimum Gasteiger partial charge on any atom is -0.455 e. The molecule has 0 bridgehead atoms. The summed E-state index contributed by atoms with van der Waals surface area (Å²) in [6, 6.07) is 8.55. The Kier molecular flexibility index (Phi) is 3.25. The highest BCUT2D eigenvalue weighted by atomic mass is 35.5. The molecule has 0 aliphatic carbocycles. The molecule has 0 saturated heterocycles. The van der Waals surface area contributed by atoms with Crippen molar-refractivity contribution in [2.45, 2.75) is 0 Å². The van der Waals surface area contributed by atoms with E-state index in [0.717, 1.165) is 0 Å². The van der Waals surface area contributed by atoms with Crippen LogP contribution in [0.3, 0.4) is 0 Å². The first-order valence-corrected chi connectivity index (χ1v) is 5.26. The summed E-state index contributed by atoms with van der Waals surface area (Å²) in [5.74, 6) is 1.00. The van der Waals surface area contributed by atoms with Crippen molar-refractivity contribution in [3.63, 3.8) is 0 Å². The molecule has 2 aromatic rings. The number of hydrogen-bond acceptors (Lipinski definition) is 3. The van der Waals surface area contributed by atoms with Crippen molar-refractivity contribution in [2.24, 2.45) is 5.73 Å². The van der Waals surface area contributed by atoms with E-state index in [9.17, 15) is 0 Å². The van der Waals surface area contributed by atoms with Gasteiger partial charge in [0.15, 0.2) is 5.75 Å². The van der Waals surface area contributed by atoms with E-state index in [4.69, 9.17) is 27.5 Å². The van der Waals surface area contributed by atoms with Crippen molar-refractivity contribution >= 4 is 17.4 Å². The molecular formula is C12H10ClN3O. The lowest BCUT2D eigenvalue weighted by Gasteiger charge is -2.09. The molecule has 0 spiro atoms. The maximum absolute atomic E-state index is 7.43. The van der Waals surface area contributed by atoms with Gasteiger partial charge in [-0.05, 0) is 30.3 Å². The average molecular weight is 248 g/mol. The van der Waals surface area contributed by atoms with Gasteiger partial charge in [-0.15, -0.1) is 0 Å². The van der Waals surface area contributed by atoms with Gasteiger partial charge in [0.25, 0.3) is 0 Å². The molecule has 17 heavy (non-hydrogen) atoms. The number of nitrogens with one attached hydrogen (secondary N) is 1. The van der Waals surface area contributed by atoms with Crippen molar-refractivity contribution in [2.75, 3.05) is 0 Å². The predicted octanol–water partition coefficient (Wildman–Crippen LogP) is 2.81. The summed E-state index contributed by atoms with van der Waals surface area (Å²) in [6.45, 7) is 0. The Morgan fingerprint density at radius 3 is 2.59 bits per heavy atom. The second-order valence-electron chi connectivity index (χ2n) is 3.34. The molecule has 1 aromatic carbocycles. The fourth-order valence-electron chi connectivity index (χ4n) is 1.31. The number of halogens is 1. The van der Waals surface area contributed by atoms with Crippen molar-refractivity contribution in [1.82, 2.24) is 4.98 Å². The molecule has 86 valence electrons. The van der Waals surface area contributed by atoms with Gasteiger partial charge >= 0.3 is 0 Å². The highest BCUT2D eigenvalue weighted by Gasteiger charge is 2.07. The SMILES string of the molecule is N=C(N)c1ccncc1Oc1ccc(Cl)cc1. The zero-order chi connectivity index (χ0) is 12.3. The quantitative estimate of drug-likeness (QED) is 0.647. The third kappa shape index (κ3) is 2.73. The number of nitrogens with two attached hydrogens (primary N) is 1. The maximum atomic E-state index is 7.43. The largest absolute Gasteiger partial charge is 0.455 e. The number of pyridine rings is 1. The molecule has 0 aliphatic rings. The van der Waals surface area contributed by atoms with Gasteiger partial charge in [0.2, 0.25) is 0 Å². The van der Waals surface area contributed by atoms with Crippen LogP contribution in [0.5, 0.6) is 11.5 Å². The van der Waals surface area contributed by atoms with E-state index in [1.165, 1.54) is 6.20 Å². The highest BCUT2D eigenvalue weighted by Crippen LogP contribution is 2.25. The van der Waals surface area contributed by atoms with Crippen molar-refractivity contribution in [3.05, 3.63) is 53.3 Å². The van der Waals surface area contributed by atoms with Gasteiger partial charge in [-0.3, -0.25) is 10.4 Å². The van der Waals surface area contributed by atoms with E-state index in [1.807, 2.05) is 0 Å². The van der Waals surface area contributed by atoms with E-state index >= 15 is 0 Å². The van der Waals surface area contributed by atoms with E-state index < -0.39 is 0 Å². The smallest absolute Gasteiger partial charge is 0.156 e. The molecule has 0 radical (unpaired) electrons. The van der Waals surface area contributed by atoms with Crippen LogP contribution in [0.15, 0.2) is 42.7 Å². The molecule has 0 aliphatic heterocycles. The van der Waals surface area contributed by atoms with Crippen LogP contribution in [0.1, 0.15) is 5.56 Å². The van der Waals surface area contributed by atoms with E-state index in [0.29, 0.717) is 22.1 Å². The van der Waals surface area contributed by atoms with Crippen molar-refractivity contribution in [3.8, 4) is 11.5 Å². The lowest BCUT2D eigenvalue weighted by molar-refractivity contribution is 0.479. The Hall–Kier alpha value is -2.07. The molecule has 0 amide bonds. The Morgan fingerprint density at radius 1 is 1.24 bits per heavy atom. The van der Waals surface area contributed by atoms with Crippen LogP contribution in [-0.4, -0.2) is 10.8 Å². The molecule has 1 aromatic heterocycles. The molecular weight excluding hydrogens is 238 g/mol. The lowest BCUT2D eigenvalue weighted by Crippen LogP contribution is -2.12. The number of nitrogens with zero attached hydrogens (tertiary/aromatic N) is 1. The second kappa shape index (κ2) is 4.84. The van der Waals surface area contributed by atoms with E-state index in [-0.39, 0.29) is 5.84 Å². The molecule has 0 fully saturated rings.